The zero-order valence-electron chi connectivity index (χ0n) is 14.0. The van der Waals surface area contributed by atoms with E-state index in [0.717, 1.165) is 0 Å². The third-order valence-corrected chi connectivity index (χ3v) is 12.8. The van der Waals surface area contributed by atoms with Gasteiger partial charge in [-0.2, -0.15) is 0 Å². The Labute approximate surface area is 147 Å². The first-order valence-corrected chi connectivity index (χ1v) is 11.9. The fraction of sp³-hybridized carbons (Fsp3) is 0.182. The van der Waals surface area contributed by atoms with Crippen molar-refractivity contribution in [3.8, 4) is 0 Å². The van der Waals surface area contributed by atoms with Crippen LogP contribution in [-0.2, 0) is 3.36 Å². The molecule has 0 saturated heterocycles. The van der Waals surface area contributed by atoms with E-state index in [1.54, 1.807) is 7.02 Å². The van der Waals surface area contributed by atoms with Gasteiger partial charge in [-0.05, 0) is 0 Å². The van der Waals surface area contributed by atoms with Crippen molar-refractivity contribution in [1.82, 2.24) is 0 Å². The summed E-state index contributed by atoms with van der Waals surface area (Å²) in [5.41, 5.74) is 2.81. The molecule has 0 aliphatic rings. The molecule has 0 radical (unpaired) electrons. The molecule has 0 amide bonds. The molecule has 0 bridgehead atoms. The van der Waals surface area contributed by atoms with Gasteiger partial charge in [0.1, 0.15) is 0 Å². The van der Waals surface area contributed by atoms with Gasteiger partial charge in [0.25, 0.3) is 0 Å². The normalized spacial score (nSPS) is 11.7. The monoisotopic (exact) mass is 408 g/mol. The first-order valence-electron chi connectivity index (χ1n) is 8.06. The van der Waals surface area contributed by atoms with Crippen molar-refractivity contribution in [2.24, 2.45) is 0 Å². The van der Waals surface area contributed by atoms with Crippen LogP contribution in [-0.4, -0.2) is 20.2 Å². The third kappa shape index (κ3) is 3.53. The zero-order chi connectivity index (χ0) is 16.3. The van der Waals surface area contributed by atoms with Gasteiger partial charge in [-0.15, -0.1) is 0 Å². The first-order chi connectivity index (χ1) is 11.1. The summed E-state index contributed by atoms with van der Waals surface area (Å²) in [7, 11) is 0. The Balaban J connectivity index is 2.16. The Morgan fingerprint density at radius 1 is 0.652 bits per heavy atom. The van der Waals surface area contributed by atoms with Crippen LogP contribution in [0.5, 0.6) is 0 Å². The molecule has 116 valence electrons. The van der Waals surface area contributed by atoms with Crippen molar-refractivity contribution in [1.29, 1.82) is 0 Å². The van der Waals surface area contributed by atoms with Gasteiger partial charge in [-0.3, -0.25) is 0 Å². The number of hydrogen-bond donors (Lipinski definition) is 0. The second-order valence-electron chi connectivity index (χ2n) is 6.44. The van der Waals surface area contributed by atoms with Crippen molar-refractivity contribution in [2.45, 2.75) is 24.1 Å². The molecule has 0 saturated carbocycles. The van der Waals surface area contributed by atoms with Crippen LogP contribution >= 0.6 is 0 Å². The number of benzene rings is 3. The molecule has 0 N–H and O–H groups in total. The van der Waals surface area contributed by atoms with E-state index in [0.29, 0.717) is 0 Å². The van der Waals surface area contributed by atoms with E-state index in [9.17, 15) is 0 Å². The van der Waals surface area contributed by atoms with Crippen LogP contribution < -0.4 is 7.02 Å². The summed E-state index contributed by atoms with van der Waals surface area (Å²) < 4.78 is 3.31. The quantitative estimate of drug-likeness (QED) is 0.569. The molecular formula is C22H23Sb. The Morgan fingerprint density at radius 2 is 1.22 bits per heavy atom. The van der Waals surface area contributed by atoms with E-state index in [4.69, 9.17) is 0 Å². The number of hydrogen-bond acceptors (Lipinski definition) is 0. The average molecular weight is 409 g/mol. The van der Waals surface area contributed by atoms with E-state index in [2.05, 4.69) is 106 Å². The molecule has 0 nitrogen and oxygen atoms in total. The predicted octanol–water partition coefficient (Wildman–Crippen LogP) is 4.12. The van der Waals surface area contributed by atoms with Crippen LogP contribution in [0.3, 0.4) is 0 Å². The van der Waals surface area contributed by atoms with E-state index in [-0.39, 0.29) is 3.36 Å². The minimum atomic E-state index is -1.97. The van der Waals surface area contributed by atoms with Crippen molar-refractivity contribution in [3.05, 3.63) is 96.1 Å². The second-order valence-corrected chi connectivity index (χ2v) is 14.5. The molecule has 0 aliphatic heterocycles. The molecule has 0 atom stereocenters. The molecule has 0 fully saturated rings. The average Bonchev–Trinajstić information content (AvgIpc) is 2.57. The van der Waals surface area contributed by atoms with Crippen molar-refractivity contribution in [3.63, 3.8) is 0 Å². The van der Waals surface area contributed by atoms with E-state index < -0.39 is 20.2 Å². The summed E-state index contributed by atoms with van der Waals surface area (Å²) in [4.78, 5) is 0. The zero-order valence-corrected chi connectivity index (χ0v) is 16.6. The standard InChI is InChI=1S/C9H11.C7H7.C6H5.Sb/c1-8(2)9-6-4-3-5-7-9;1-7-5-3-2-4-6-7;1-2-4-6-5-3-1;/h3-7H,1-2H3;2-3,5-6H,1H3;1-5H;. The predicted molar refractivity (Wildman–Crippen MR) is 102 cm³/mol. The molecule has 1 heteroatoms. The van der Waals surface area contributed by atoms with Crippen LogP contribution in [0.4, 0.5) is 0 Å². The molecule has 0 heterocycles. The molecule has 0 aromatic heterocycles. The van der Waals surface area contributed by atoms with E-state index in [1.807, 2.05) is 0 Å². The minimum absolute atomic E-state index is 0.194. The van der Waals surface area contributed by atoms with Crippen molar-refractivity contribution < 1.29 is 0 Å². The summed E-state index contributed by atoms with van der Waals surface area (Å²) in [6.07, 6.45) is 0. The van der Waals surface area contributed by atoms with Gasteiger partial charge in [0, 0.05) is 0 Å². The van der Waals surface area contributed by atoms with Gasteiger partial charge >= 0.3 is 147 Å². The summed E-state index contributed by atoms with van der Waals surface area (Å²) in [6.45, 7) is 7.06. The molecule has 3 aromatic rings. The van der Waals surface area contributed by atoms with Gasteiger partial charge in [0.05, 0.1) is 0 Å². The van der Waals surface area contributed by atoms with Gasteiger partial charge in [0.15, 0.2) is 0 Å². The fourth-order valence-electron chi connectivity index (χ4n) is 3.11. The van der Waals surface area contributed by atoms with Crippen LogP contribution in [0.15, 0.2) is 84.9 Å². The van der Waals surface area contributed by atoms with Crippen molar-refractivity contribution in [2.75, 3.05) is 0 Å². The summed E-state index contributed by atoms with van der Waals surface area (Å²) in [6, 6.07) is 31.3. The Kier molecular flexibility index (Phi) is 4.92. The van der Waals surface area contributed by atoms with Gasteiger partial charge < -0.3 is 0 Å². The third-order valence-electron chi connectivity index (χ3n) is 4.31. The Bertz CT molecular complexity index is 760. The molecule has 3 rings (SSSR count). The van der Waals surface area contributed by atoms with Crippen LogP contribution in [0.25, 0.3) is 0 Å². The SMILES string of the molecule is Cc1ccc[c]([Sb]([c]2ccccc2)[C](C)(C)c2ccccc2)c1. The van der Waals surface area contributed by atoms with E-state index in [1.165, 1.54) is 11.1 Å². The van der Waals surface area contributed by atoms with Crippen molar-refractivity contribution >= 4 is 27.2 Å². The molecule has 23 heavy (non-hydrogen) atoms. The topological polar surface area (TPSA) is 0 Å². The molecular weight excluding hydrogens is 386 g/mol. The number of aryl methyl sites for hydroxylation is 1. The maximum atomic E-state index is 2.43. The summed E-state index contributed by atoms with van der Waals surface area (Å²) in [5, 5.41) is 0. The summed E-state index contributed by atoms with van der Waals surface area (Å²) in [5.74, 6) is 0. The van der Waals surface area contributed by atoms with Gasteiger partial charge in [0.2, 0.25) is 0 Å². The second kappa shape index (κ2) is 6.93. The van der Waals surface area contributed by atoms with Gasteiger partial charge in [-0.25, -0.2) is 0 Å². The Hall–Kier alpha value is -1.52. The fourth-order valence-corrected chi connectivity index (χ4v) is 11.8. The summed E-state index contributed by atoms with van der Waals surface area (Å²) >= 11 is -1.97. The maximum absolute atomic E-state index is 2.43. The first kappa shape index (κ1) is 16.3. The number of rotatable bonds is 4. The molecule has 0 aliphatic carbocycles. The van der Waals surface area contributed by atoms with Crippen LogP contribution in [0.2, 0.25) is 0 Å². The van der Waals surface area contributed by atoms with Gasteiger partial charge in [-0.1, -0.05) is 0 Å². The van der Waals surface area contributed by atoms with E-state index >= 15 is 0 Å². The van der Waals surface area contributed by atoms with Crippen LogP contribution in [0.1, 0.15) is 25.0 Å². The molecule has 3 aromatic carbocycles. The molecule has 0 unspecified atom stereocenters. The Morgan fingerprint density at radius 3 is 1.83 bits per heavy atom. The van der Waals surface area contributed by atoms with Crippen LogP contribution in [0, 0.1) is 6.92 Å². The molecule has 0 spiro atoms.